The summed E-state index contributed by atoms with van der Waals surface area (Å²) in [4.78, 5) is 21.7. The van der Waals surface area contributed by atoms with Crippen molar-refractivity contribution in [3.05, 3.63) is 58.8 Å². The quantitative estimate of drug-likeness (QED) is 0.870. The number of amides is 1. The molecule has 1 fully saturated rings. The van der Waals surface area contributed by atoms with Crippen molar-refractivity contribution >= 4 is 11.7 Å². The Bertz CT molecular complexity index is 733. The Morgan fingerprint density at radius 2 is 1.83 bits per heavy atom. The topological polar surface area (TPSA) is 36.4 Å². The van der Waals surface area contributed by atoms with E-state index in [9.17, 15) is 4.79 Å². The molecule has 3 rings (SSSR count). The molecule has 4 heteroatoms. The van der Waals surface area contributed by atoms with Crippen LogP contribution in [0.1, 0.15) is 34.0 Å². The molecule has 1 aromatic carbocycles. The summed E-state index contributed by atoms with van der Waals surface area (Å²) in [6, 6.07) is 10.1. The standard InChI is InChI=1S/C20H25N3O/c1-4-17-7-5-6-8-18(17)20(24)23-11-9-22(10-12-23)19-16(3)13-15(2)14-21-19/h5-8,13-14H,4,9-12H2,1-3H3. The van der Waals surface area contributed by atoms with E-state index in [1.165, 1.54) is 11.1 Å². The molecule has 0 unspecified atom stereocenters. The summed E-state index contributed by atoms with van der Waals surface area (Å²) < 4.78 is 0. The van der Waals surface area contributed by atoms with Gasteiger partial charge in [0.1, 0.15) is 5.82 Å². The van der Waals surface area contributed by atoms with Crippen molar-refractivity contribution < 1.29 is 4.79 Å². The lowest BCUT2D eigenvalue weighted by molar-refractivity contribution is 0.0745. The summed E-state index contributed by atoms with van der Waals surface area (Å²) in [6.45, 7) is 9.40. The van der Waals surface area contributed by atoms with Crippen LogP contribution in [0.25, 0.3) is 0 Å². The Morgan fingerprint density at radius 3 is 2.50 bits per heavy atom. The number of aryl methyl sites for hydroxylation is 3. The Morgan fingerprint density at radius 1 is 1.12 bits per heavy atom. The summed E-state index contributed by atoms with van der Waals surface area (Å²) in [7, 11) is 0. The minimum atomic E-state index is 0.153. The first-order valence-corrected chi connectivity index (χ1v) is 8.65. The van der Waals surface area contributed by atoms with Crippen LogP contribution in [0.5, 0.6) is 0 Å². The third-order valence-corrected chi connectivity index (χ3v) is 4.68. The van der Waals surface area contributed by atoms with Crippen LogP contribution < -0.4 is 4.90 Å². The number of hydrogen-bond donors (Lipinski definition) is 0. The highest BCUT2D eigenvalue weighted by Crippen LogP contribution is 2.20. The van der Waals surface area contributed by atoms with Crippen molar-refractivity contribution in [1.82, 2.24) is 9.88 Å². The summed E-state index contributed by atoms with van der Waals surface area (Å²) in [5, 5.41) is 0. The van der Waals surface area contributed by atoms with Gasteiger partial charge in [0.15, 0.2) is 0 Å². The predicted octanol–water partition coefficient (Wildman–Crippen LogP) is 3.22. The highest BCUT2D eigenvalue weighted by molar-refractivity contribution is 5.95. The second kappa shape index (κ2) is 7.04. The maximum absolute atomic E-state index is 12.8. The zero-order valence-corrected chi connectivity index (χ0v) is 14.7. The van der Waals surface area contributed by atoms with E-state index in [0.29, 0.717) is 0 Å². The third kappa shape index (κ3) is 3.28. The SMILES string of the molecule is CCc1ccccc1C(=O)N1CCN(c2ncc(C)cc2C)CC1. The monoisotopic (exact) mass is 323 g/mol. The Kier molecular flexibility index (Phi) is 4.84. The number of rotatable bonds is 3. The molecule has 4 nitrogen and oxygen atoms in total. The van der Waals surface area contributed by atoms with Crippen molar-refractivity contribution in [3.63, 3.8) is 0 Å². The minimum absolute atomic E-state index is 0.153. The lowest BCUT2D eigenvalue weighted by Crippen LogP contribution is -2.49. The molecule has 1 amide bonds. The average Bonchev–Trinajstić information content (AvgIpc) is 2.61. The second-order valence-electron chi connectivity index (χ2n) is 6.44. The summed E-state index contributed by atoms with van der Waals surface area (Å²) >= 11 is 0. The maximum Gasteiger partial charge on any atom is 0.254 e. The molecule has 2 aromatic rings. The van der Waals surface area contributed by atoms with Crippen molar-refractivity contribution in [2.75, 3.05) is 31.1 Å². The summed E-state index contributed by atoms with van der Waals surface area (Å²) in [6.07, 6.45) is 2.80. The van der Waals surface area contributed by atoms with Crippen molar-refractivity contribution in [2.24, 2.45) is 0 Å². The van der Waals surface area contributed by atoms with Crippen LogP contribution in [-0.4, -0.2) is 42.0 Å². The molecule has 24 heavy (non-hydrogen) atoms. The first-order valence-electron chi connectivity index (χ1n) is 8.65. The van der Waals surface area contributed by atoms with Crippen molar-refractivity contribution in [2.45, 2.75) is 27.2 Å². The Labute approximate surface area is 144 Å². The van der Waals surface area contributed by atoms with Crippen LogP contribution >= 0.6 is 0 Å². The molecule has 0 bridgehead atoms. The number of aromatic nitrogens is 1. The molecule has 1 aliphatic rings. The smallest absolute Gasteiger partial charge is 0.254 e. The molecule has 0 spiro atoms. The number of pyridine rings is 1. The van der Waals surface area contributed by atoms with Gasteiger partial charge in [-0.2, -0.15) is 0 Å². The molecule has 2 heterocycles. The predicted molar refractivity (Wildman–Crippen MR) is 97.6 cm³/mol. The average molecular weight is 323 g/mol. The van der Waals surface area contributed by atoms with Crippen LogP contribution in [0.15, 0.2) is 36.5 Å². The Balaban J connectivity index is 1.69. The van der Waals surface area contributed by atoms with Gasteiger partial charge in [-0.1, -0.05) is 31.2 Å². The zero-order valence-electron chi connectivity index (χ0n) is 14.7. The number of carbonyl (C=O) groups excluding carboxylic acids is 1. The number of benzene rings is 1. The number of nitrogens with zero attached hydrogens (tertiary/aromatic N) is 3. The lowest BCUT2D eigenvalue weighted by Gasteiger charge is -2.36. The van der Waals surface area contributed by atoms with E-state index in [2.05, 4.69) is 36.7 Å². The first-order chi connectivity index (χ1) is 11.6. The third-order valence-electron chi connectivity index (χ3n) is 4.68. The van der Waals surface area contributed by atoms with Crippen molar-refractivity contribution in [1.29, 1.82) is 0 Å². The molecular formula is C20H25N3O. The van der Waals surface area contributed by atoms with Gasteiger partial charge in [0.2, 0.25) is 0 Å². The minimum Gasteiger partial charge on any atom is -0.353 e. The zero-order chi connectivity index (χ0) is 17.1. The number of hydrogen-bond acceptors (Lipinski definition) is 3. The molecule has 1 aliphatic heterocycles. The van der Waals surface area contributed by atoms with Crippen LogP contribution in [0.3, 0.4) is 0 Å². The van der Waals surface area contributed by atoms with Gasteiger partial charge in [-0.05, 0) is 43.0 Å². The van der Waals surface area contributed by atoms with Gasteiger partial charge in [0.25, 0.3) is 5.91 Å². The van der Waals surface area contributed by atoms with E-state index in [1.807, 2.05) is 35.4 Å². The molecule has 0 aliphatic carbocycles. The summed E-state index contributed by atoms with van der Waals surface area (Å²) in [5.74, 6) is 1.20. The number of anilines is 1. The van der Waals surface area contributed by atoms with Crippen LogP contribution in [0.2, 0.25) is 0 Å². The molecule has 0 N–H and O–H groups in total. The van der Waals surface area contributed by atoms with Gasteiger partial charge in [-0.25, -0.2) is 4.98 Å². The highest BCUT2D eigenvalue weighted by atomic mass is 16.2. The number of piperazine rings is 1. The Hall–Kier alpha value is -2.36. The fourth-order valence-electron chi connectivity index (χ4n) is 3.37. The van der Waals surface area contributed by atoms with E-state index in [0.717, 1.165) is 49.5 Å². The van der Waals surface area contributed by atoms with E-state index < -0.39 is 0 Å². The van der Waals surface area contributed by atoms with E-state index in [-0.39, 0.29) is 5.91 Å². The van der Waals surface area contributed by atoms with Crippen molar-refractivity contribution in [3.8, 4) is 0 Å². The van der Waals surface area contributed by atoms with Gasteiger partial charge < -0.3 is 9.80 Å². The van der Waals surface area contributed by atoms with Crippen LogP contribution in [-0.2, 0) is 6.42 Å². The molecule has 0 radical (unpaired) electrons. The molecule has 0 saturated carbocycles. The van der Waals surface area contributed by atoms with E-state index >= 15 is 0 Å². The first kappa shape index (κ1) is 16.5. The highest BCUT2D eigenvalue weighted by Gasteiger charge is 2.24. The van der Waals surface area contributed by atoms with Gasteiger partial charge >= 0.3 is 0 Å². The lowest BCUT2D eigenvalue weighted by atomic mass is 10.0. The molecule has 0 atom stereocenters. The largest absolute Gasteiger partial charge is 0.353 e. The normalized spacial score (nSPS) is 14.8. The molecule has 126 valence electrons. The maximum atomic E-state index is 12.8. The van der Waals surface area contributed by atoms with E-state index in [1.54, 1.807) is 0 Å². The number of carbonyl (C=O) groups is 1. The summed E-state index contributed by atoms with van der Waals surface area (Å²) in [5.41, 5.74) is 4.35. The second-order valence-corrected chi connectivity index (χ2v) is 6.44. The van der Waals surface area contributed by atoms with Gasteiger partial charge in [-0.15, -0.1) is 0 Å². The fourth-order valence-corrected chi connectivity index (χ4v) is 3.37. The van der Waals surface area contributed by atoms with Gasteiger partial charge in [0, 0.05) is 37.9 Å². The van der Waals surface area contributed by atoms with Gasteiger partial charge in [0.05, 0.1) is 0 Å². The molecule has 1 saturated heterocycles. The molecule has 1 aromatic heterocycles. The fraction of sp³-hybridized carbons (Fsp3) is 0.400. The molecular weight excluding hydrogens is 298 g/mol. The van der Waals surface area contributed by atoms with Gasteiger partial charge in [-0.3, -0.25) is 4.79 Å². The van der Waals surface area contributed by atoms with Crippen LogP contribution in [0, 0.1) is 13.8 Å². The van der Waals surface area contributed by atoms with E-state index in [4.69, 9.17) is 0 Å². The van der Waals surface area contributed by atoms with Crippen LogP contribution in [0.4, 0.5) is 5.82 Å².